The Hall–Kier alpha value is -1.75. The number of nitrogens with zero attached hydrogens (tertiary/aromatic N) is 2. The molecule has 2 rings (SSSR count). The van der Waals surface area contributed by atoms with E-state index < -0.39 is 17.0 Å². The van der Waals surface area contributed by atoms with Crippen LogP contribution < -0.4 is 4.74 Å². The summed E-state index contributed by atoms with van der Waals surface area (Å²) < 4.78 is 32.7. The maximum Gasteiger partial charge on any atom is 0.216 e. The molecule has 1 unspecified atom stereocenters. The molecule has 0 radical (unpaired) electrons. The number of alkyl halides is 1. The molecule has 0 N–H and O–H groups in total. The highest BCUT2D eigenvalue weighted by atomic mass is 35.5. The van der Waals surface area contributed by atoms with E-state index in [0.29, 0.717) is 17.1 Å². The van der Waals surface area contributed by atoms with Crippen LogP contribution in [0.25, 0.3) is 0 Å². The minimum atomic E-state index is -0.852. The molecule has 0 saturated heterocycles. The van der Waals surface area contributed by atoms with Crippen molar-refractivity contribution in [1.29, 1.82) is 0 Å². The standard InChI is InChI=1S/C14H13ClF2N2O/c1-8-3-4-11(16)13(14(8)17)10(15)5-9-6-12(20-2)19-7-18-9/h3-4,6-7,10H,5H2,1-2H3. The van der Waals surface area contributed by atoms with Crippen LogP contribution in [0.5, 0.6) is 5.88 Å². The summed E-state index contributed by atoms with van der Waals surface area (Å²) in [6.07, 6.45) is 1.50. The lowest BCUT2D eigenvalue weighted by atomic mass is 10.0. The molecule has 0 saturated carbocycles. The Morgan fingerprint density at radius 1 is 1.30 bits per heavy atom. The molecule has 0 spiro atoms. The fourth-order valence-corrected chi connectivity index (χ4v) is 2.21. The summed E-state index contributed by atoms with van der Waals surface area (Å²) in [5.41, 5.74) is 0.772. The Labute approximate surface area is 120 Å². The Kier molecular flexibility index (Phi) is 4.49. The molecule has 20 heavy (non-hydrogen) atoms. The number of aryl methyl sites for hydroxylation is 1. The third-order valence-electron chi connectivity index (χ3n) is 2.93. The lowest BCUT2D eigenvalue weighted by molar-refractivity contribution is 0.396. The molecule has 1 heterocycles. The zero-order valence-electron chi connectivity index (χ0n) is 11.0. The molecular formula is C14H13ClF2N2O. The SMILES string of the molecule is COc1cc(CC(Cl)c2c(F)ccc(C)c2F)ncn1. The second kappa shape index (κ2) is 6.13. The summed E-state index contributed by atoms with van der Waals surface area (Å²) in [5, 5.41) is -0.852. The minimum absolute atomic E-state index is 0.135. The monoisotopic (exact) mass is 298 g/mol. The smallest absolute Gasteiger partial charge is 0.216 e. The maximum atomic E-state index is 14.0. The molecule has 1 aromatic heterocycles. The summed E-state index contributed by atoms with van der Waals surface area (Å²) in [7, 11) is 1.48. The molecule has 1 atom stereocenters. The van der Waals surface area contributed by atoms with Crippen LogP contribution >= 0.6 is 11.6 Å². The topological polar surface area (TPSA) is 35.0 Å². The van der Waals surface area contributed by atoms with Crippen molar-refractivity contribution < 1.29 is 13.5 Å². The number of halogens is 3. The van der Waals surface area contributed by atoms with Crippen molar-refractivity contribution in [1.82, 2.24) is 9.97 Å². The van der Waals surface area contributed by atoms with Crippen molar-refractivity contribution in [2.45, 2.75) is 18.7 Å². The number of benzene rings is 1. The van der Waals surface area contributed by atoms with Crippen molar-refractivity contribution in [3.63, 3.8) is 0 Å². The van der Waals surface area contributed by atoms with Crippen LogP contribution in [0.4, 0.5) is 8.78 Å². The van der Waals surface area contributed by atoms with Crippen LogP contribution in [-0.4, -0.2) is 17.1 Å². The number of hydrogen-bond donors (Lipinski definition) is 0. The lowest BCUT2D eigenvalue weighted by Gasteiger charge is -2.13. The minimum Gasteiger partial charge on any atom is -0.481 e. The van der Waals surface area contributed by atoms with E-state index in [2.05, 4.69) is 9.97 Å². The van der Waals surface area contributed by atoms with Gasteiger partial charge in [-0.2, -0.15) is 0 Å². The largest absolute Gasteiger partial charge is 0.481 e. The Bertz CT molecular complexity index is 622. The van der Waals surface area contributed by atoms with E-state index in [1.54, 1.807) is 13.0 Å². The van der Waals surface area contributed by atoms with Gasteiger partial charge in [0.1, 0.15) is 18.0 Å². The highest BCUT2D eigenvalue weighted by Crippen LogP contribution is 2.30. The van der Waals surface area contributed by atoms with Gasteiger partial charge < -0.3 is 4.74 Å². The van der Waals surface area contributed by atoms with E-state index in [9.17, 15) is 8.78 Å². The van der Waals surface area contributed by atoms with Crippen molar-refractivity contribution in [3.05, 3.63) is 53.0 Å². The third-order valence-corrected chi connectivity index (χ3v) is 3.30. The summed E-state index contributed by atoms with van der Waals surface area (Å²) in [4.78, 5) is 7.88. The normalized spacial score (nSPS) is 12.2. The third kappa shape index (κ3) is 3.04. The van der Waals surface area contributed by atoms with Gasteiger partial charge in [-0.1, -0.05) is 6.07 Å². The first kappa shape index (κ1) is 14.7. The van der Waals surface area contributed by atoms with E-state index in [-0.39, 0.29) is 12.0 Å². The summed E-state index contributed by atoms with van der Waals surface area (Å²) >= 11 is 6.14. The summed E-state index contributed by atoms with van der Waals surface area (Å²) in [5.74, 6) is -0.899. The van der Waals surface area contributed by atoms with Gasteiger partial charge in [-0.15, -0.1) is 11.6 Å². The predicted molar refractivity (Wildman–Crippen MR) is 72.0 cm³/mol. The molecular weight excluding hydrogens is 286 g/mol. The van der Waals surface area contributed by atoms with E-state index in [1.165, 1.54) is 25.6 Å². The van der Waals surface area contributed by atoms with Gasteiger partial charge >= 0.3 is 0 Å². The van der Waals surface area contributed by atoms with Crippen molar-refractivity contribution in [2.75, 3.05) is 7.11 Å². The second-order valence-corrected chi connectivity index (χ2v) is 4.84. The van der Waals surface area contributed by atoms with Gasteiger partial charge in [-0.3, -0.25) is 0 Å². The molecule has 106 valence electrons. The number of ether oxygens (including phenoxy) is 1. The van der Waals surface area contributed by atoms with Crippen molar-refractivity contribution in [2.24, 2.45) is 0 Å². The Morgan fingerprint density at radius 3 is 2.75 bits per heavy atom. The van der Waals surface area contributed by atoms with E-state index in [4.69, 9.17) is 16.3 Å². The summed E-state index contributed by atoms with van der Waals surface area (Å²) in [6, 6.07) is 4.18. The highest BCUT2D eigenvalue weighted by Gasteiger charge is 2.20. The van der Waals surface area contributed by atoms with Gasteiger partial charge in [0.05, 0.1) is 12.5 Å². The van der Waals surface area contributed by atoms with Crippen molar-refractivity contribution >= 4 is 11.6 Å². The van der Waals surface area contributed by atoms with Crippen molar-refractivity contribution in [3.8, 4) is 5.88 Å². The van der Waals surface area contributed by atoms with Crippen LogP contribution in [0.2, 0.25) is 0 Å². The van der Waals surface area contributed by atoms with Crippen LogP contribution in [0.3, 0.4) is 0 Å². The van der Waals surface area contributed by atoms with Gasteiger partial charge in [-0.05, 0) is 18.6 Å². The number of aromatic nitrogens is 2. The highest BCUT2D eigenvalue weighted by molar-refractivity contribution is 6.21. The zero-order chi connectivity index (χ0) is 14.7. The molecule has 3 nitrogen and oxygen atoms in total. The van der Waals surface area contributed by atoms with Gasteiger partial charge in [0, 0.05) is 23.7 Å². The molecule has 6 heteroatoms. The van der Waals surface area contributed by atoms with E-state index in [0.717, 1.165) is 0 Å². The van der Waals surface area contributed by atoms with E-state index in [1.807, 2.05) is 0 Å². The Morgan fingerprint density at radius 2 is 2.05 bits per heavy atom. The van der Waals surface area contributed by atoms with Gasteiger partial charge in [0.15, 0.2) is 0 Å². The molecule has 0 amide bonds. The molecule has 0 fully saturated rings. The van der Waals surface area contributed by atoms with Gasteiger partial charge in [0.2, 0.25) is 5.88 Å². The first-order valence-corrected chi connectivity index (χ1v) is 6.40. The molecule has 0 aliphatic carbocycles. The van der Waals surface area contributed by atoms with Gasteiger partial charge in [0.25, 0.3) is 0 Å². The molecule has 1 aromatic carbocycles. The van der Waals surface area contributed by atoms with Crippen LogP contribution in [0.1, 0.15) is 22.2 Å². The Balaban J connectivity index is 2.28. The number of methoxy groups -OCH3 is 1. The van der Waals surface area contributed by atoms with E-state index >= 15 is 0 Å². The fraction of sp³-hybridized carbons (Fsp3) is 0.286. The number of rotatable bonds is 4. The molecule has 0 aliphatic heterocycles. The van der Waals surface area contributed by atoms with Crippen LogP contribution in [0.15, 0.2) is 24.5 Å². The van der Waals surface area contributed by atoms with Gasteiger partial charge in [-0.25, -0.2) is 18.7 Å². The quantitative estimate of drug-likeness (QED) is 0.809. The number of hydrogen-bond acceptors (Lipinski definition) is 3. The first-order chi connectivity index (χ1) is 9.52. The lowest BCUT2D eigenvalue weighted by Crippen LogP contribution is -2.05. The van der Waals surface area contributed by atoms with Crippen LogP contribution in [-0.2, 0) is 6.42 Å². The fourth-order valence-electron chi connectivity index (χ4n) is 1.85. The first-order valence-electron chi connectivity index (χ1n) is 5.96. The molecule has 0 bridgehead atoms. The zero-order valence-corrected chi connectivity index (χ0v) is 11.8. The average Bonchev–Trinajstić information content (AvgIpc) is 2.43. The van der Waals surface area contributed by atoms with Crippen LogP contribution in [0, 0.1) is 18.6 Å². The predicted octanol–water partition coefficient (Wildman–Crippen LogP) is 3.59. The summed E-state index contributed by atoms with van der Waals surface area (Å²) in [6.45, 7) is 1.57. The molecule has 2 aromatic rings. The maximum absolute atomic E-state index is 14.0. The average molecular weight is 299 g/mol. The molecule has 0 aliphatic rings. The second-order valence-electron chi connectivity index (χ2n) is 4.32.